The lowest BCUT2D eigenvalue weighted by Gasteiger charge is -2.17. The molecule has 2 N–H and O–H groups in total. The minimum absolute atomic E-state index is 0.00669. The molecule has 0 fully saturated rings. The van der Waals surface area contributed by atoms with Gasteiger partial charge in [0.15, 0.2) is 0 Å². The van der Waals surface area contributed by atoms with E-state index >= 15 is 0 Å². The zero-order chi connectivity index (χ0) is 12.9. The number of amides is 1. The Hall–Kier alpha value is -1.29. The summed E-state index contributed by atoms with van der Waals surface area (Å²) in [4.78, 5) is 11.5. The molecule has 1 aromatic heterocycles. The Labute approximate surface area is 102 Å². The lowest BCUT2D eigenvalue weighted by molar-refractivity contribution is -0.122. The van der Waals surface area contributed by atoms with Crippen molar-refractivity contribution in [3.63, 3.8) is 0 Å². The van der Waals surface area contributed by atoms with Crippen molar-refractivity contribution >= 4 is 5.91 Å². The van der Waals surface area contributed by atoms with Gasteiger partial charge in [-0.15, -0.1) is 0 Å². The van der Waals surface area contributed by atoms with Crippen LogP contribution in [0, 0.1) is 5.41 Å². The van der Waals surface area contributed by atoms with Crippen LogP contribution in [-0.4, -0.2) is 17.6 Å². The number of nitrogens with one attached hydrogen (secondary N) is 1. The summed E-state index contributed by atoms with van der Waals surface area (Å²) in [5.41, 5.74) is 0.739. The molecule has 0 spiro atoms. The van der Waals surface area contributed by atoms with Crippen LogP contribution in [0.2, 0.25) is 0 Å². The van der Waals surface area contributed by atoms with E-state index in [-0.39, 0.29) is 11.3 Å². The molecule has 1 amide bonds. The maximum Gasteiger partial charge on any atom is 0.220 e. The Bertz CT molecular complexity index is 338. The molecule has 17 heavy (non-hydrogen) atoms. The van der Waals surface area contributed by atoms with Gasteiger partial charge in [0.2, 0.25) is 5.91 Å². The first-order valence-electron chi connectivity index (χ1n) is 5.85. The van der Waals surface area contributed by atoms with E-state index in [1.807, 2.05) is 20.8 Å². The largest absolute Gasteiger partial charge is 0.472 e. The third kappa shape index (κ3) is 5.54. The highest BCUT2D eigenvalue weighted by atomic mass is 16.3. The van der Waals surface area contributed by atoms with E-state index in [1.54, 1.807) is 6.07 Å². The molecule has 0 saturated carbocycles. The van der Waals surface area contributed by atoms with Crippen LogP contribution in [0.4, 0.5) is 0 Å². The summed E-state index contributed by atoms with van der Waals surface area (Å²) in [5.74, 6) is 0.0249. The summed E-state index contributed by atoms with van der Waals surface area (Å²) < 4.78 is 4.88. The third-order valence-corrected chi connectivity index (χ3v) is 2.36. The Kier molecular flexibility index (Phi) is 4.75. The van der Waals surface area contributed by atoms with Gasteiger partial charge in [-0.1, -0.05) is 20.8 Å². The second-order valence-corrected chi connectivity index (χ2v) is 5.45. The molecule has 4 nitrogen and oxygen atoms in total. The van der Waals surface area contributed by atoms with Crippen LogP contribution in [0.3, 0.4) is 0 Å². The van der Waals surface area contributed by atoms with E-state index in [0.29, 0.717) is 19.4 Å². The van der Waals surface area contributed by atoms with Crippen molar-refractivity contribution in [3.8, 4) is 0 Å². The average molecular weight is 239 g/mol. The van der Waals surface area contributed by atoms with Gasteiger partial charge in [0.1, 0.15) is 0 Å². The molecule has 0 radical (unpaired) electrons. The highest BCUT2D eigenvalue weighted by Gasteiger charge is 2.16. The number of rotatable bonds is 5. The Morgan fingerprint density at radius 2 is 2.24 bits per heavy atom. The van der Waals surface area contributed by atoms with Gasteiger partial charge in [-0.3, -0.25) is 4.79 Å². The van der Waals surface area contributed by atoms with E-state index in [4.69, 9.17) is 4.42 Å². The Balaban J connectivity index is 2.22. The Morgan fingerprint density at radius 1 is 1.53 bits per heavy atom. The average Bonchev–Trinajstić information content (AvgIpc) is 2.66. The second kappa shape index (κ2) is 5.87. The number of furan rings is 1. The fraction of sp³-hybridized carbons (Fsp3) is 0.615. The van der Waals surface area contributed by atoms with Crippen molar-refractivity contribution < 1.29 is 14.3 Å². The van der Waals surface area contributed by atoms with Gasteiger partial charge < -0.3 is 14.8 Å². The first-order valence-corrected chi connectivity index (χ1v) is 5.85. The molecule has 0 bridgehead atoms. The van der Waals surface area contributed by atoms with Gasteiger partial charge in [0, 0.05) is 18.5 Å². The number of hydrogen-bond acceptors (Lipinski definition) is 3. The van der Waals surface area contributed by atoms with Crippen LogP contribution < -0.4 is 5.32 Å². The maximum atomic E-state index is 11.5. The fourth-order valence-electron chi connectivity index (χ4n) is 1.52. The normalized spacial score (nSPS) is 13.4. The van der Waals surface area contributed by atoms with Crippen LogP contribution in [0.5, 0.6) is 0 Å². The molecule has 0 saturated heterocycles. The van der Waals surface area contributed by atoms with E-state index in [9.17, 15) is 9.90 Å². The van der Waals surface area contributed by atoms with Gasteiger partial charge in [-0.05, 0) is 17.9 Å². The summed E-state index contributed by atoms with van der Waals surface area (Å²) in [6.07, 6.45) is 3.45. The van der Waals surface area contributed by atoms with Crippen LogP contribution in [-0.2, 0) is 4.79 Å². The minimum atomic E-state index is -0.580. The first kappa shape index (κ1) is 13.8. The van der Waals surface area contributed by atoms with E-state index < -0.39 is 6.10 Å². The van der Waals surface area contributed by atoms with Crippen LogP contribution in [0.15, 0.2) is 23.0 Å². The van der Waals surface area contributed by atoms with Gasteiger partial charge >= 0.3 is 0 Å². The van der Waals surface area contributed by atoms with Crippen molar-refractivity contribution in [2.45, 2.75) is 39.7 Å². The first-order chi connectivity index (χ1) is 7.88. The minimum Gasteiger partial charge on any atom is -0.472 e. The van der Waals surface area contributed by atoms with Crippen molar-refractivity contribution in [1.82, 2.24) is 5.32 Å². The van der Waals surface area contributed by atoms with E-state index in [2.05, 4.69) is 5.32 Å². The van der Waals surface area contributed by atoms with Crippen LogP contribution >= 0.6 is 0 Å². The van der Waals surface area contributed by atoms with Gasteiger partial charge in [0.25, 0.3) is 0 Å². The number of aliphatic hydroxyl groups excluding tert-OH is 1. The van der Waals surface area contributed by atoms with Crippen molar-refractivity contribution in [3.05, 3.63) is 24.2 Å². The molecule has 0 aliphatic carbocycles. The second-order valence-electron chi connectivity index (χ2n) is 5.45. The van der Waals surface area contributed by atoms with E-state index in [0.717, 1.165) is 5.56 Å². The molecule has 0 aliphatic heterocycles. The molecule has 1 aromatic rings. The van der Waals surface area contributed by atoms with Crippen molar-refractivity contribution in [2.75, 3.05) is 6.54 Å². The molecular formula is C13H21NO3. The summed E-state index contributed by atoms with van der Waals surface area (Å²) >= 11 is 0. The highest BCUT2D eigenvalue weighted by Crippen LogP contribution is 2.18. The summed E-state index contributed by atoms with van der Waals surface area (Å²) in [7, 11) is 0. The molecule has 1 heterocycles. The molecule has 1 atom stereocenters. The molecule has 1 rings (SSSR count). The standard InChI is InChI=1S/C13H21NO3/c1-13(2,3)8-12(16)14-6-4-11(15)10-5-7-17-9-10/h5,7,9,11,15H,4,6,8H2,1-3H3,(H,14,16). The van der Waals surface area contributed by atoms with Crippen molar-refractivity contribution in [1.29, 1.82) is 0 Å². The lowest BCUT2D eigenvalue weighted by atomic mass is 9.92. The Morgan fingerprint density at radius 3 is 2.76 bits per heavy atom. The number of aliphatic hydroxyl groups is 1. The topological polar surface area (TPSA) is 62.5 Å². The molecule has 96 valence electrons. The molecule has 4 heteroatoms. The number of hydrogen-bond donors (Lipinski definition) is 2. The smallest absolute Gasteiger partial charge is 0.220 e. The maximum absolute atomic E-state index is 11.5. The summed E-state index contributed by atoms with van der Waals surface area (Å²) in [6.45, 7) is 6.54. The highest BCUT2D eigenvalue weighted by molar-refractivity contribution is 5.76. The van der Waals surface area contributed by atoms with Gasteiger partial charge in [-0.25, -0.2) is 0 Å². The zero-order valence-corrected chi connectivity index (χ0v) is 10.7. The van der Waals surface area contributed by atoms with E-state index in [1.165, 1.54) is 12.5 Å². The van der Waals surface area contributed by atoms with Crippen molar-refractivity contribution in [2.24, 2.45) is 5.41 Å². The predicted molar refractivity (Wildman–Crippen MR) is 65.4 cm³/mol. The van der Waals surface area contributed by atoms with Crippen LogP contribution in [0.25, 0.3) is 0 Å². The molecule has 1 unspecified atom stereocenters. The number of carbonyl (C=O) groups is 1. The SMILES string of the molecule is CC(C)(C)CC(=O)NCCC(O)c1ccoc1. The molecule has 0 aliphatic rings. The fourth-order valence-corrected chi connectivity index (χ4v) is 1.52. The summed E-state index contributed by atoms with van der Waals surface area (Å²) in [5, 5.41) is 12.5. The van der Waals surface area contributed by atoms with Gasteiger partial charge in [-0.2, -0.15) is 0 Å². The number of carbonyl (C=O) groups excluding carboxylic acids is 1. The lowest BCUT2D eigenvalue weighted by Crippen LogP contribution is -2.29. The zero-order valence-electron chi connectivity index (χ0n) is 10.7. The predicted octanol–water partition coefficient (Wildman–Crippen LogP) is 2.26. The summed E-state index contributed by atoms with van der Waals surface area (Å²) in [6, 6.07) is 1.72. The van der Waals surface area contributed by atoms with Gasteiger partial charge in [0.05, 0.1) is 18.6 Å². The monoisotopic (exact) mass is 239 g/mol. The quantitative estimate of drug-likeness (QED) is 0.828. The third-order valence-electron chi connectivity index (χ3n) is 2.36. The molecule has 0 aromatic carbocycles. The molecular weight excluding hydrogens is 218 g/mol. The van der Waals surface area contributed by atoms with Crippen LogP contribution in [0.1, 0.15) is 45.3 Å².